The molecule has 0 bridgehead atoms. The number of hydrogen-bond donors (Lipinski definition) is 2. The molecule has 0 radical (unpaired) electrons. The van der Waals surface area contributed by atoms with E-state index in [-0.39, 0.29) is 10.7 Å². The third-order valence-electron chi connectivity index (χ3n) is 3.50. The molecule has 0 aliphatic carbocycles. The number of methoxy groups -OCH3 is 1. The molecule has 2 N–H and O–H groups in total. The molecule has 1 aromatic heterocycles. The highest BCUT2D eigenvalue weighted by molar-refractivity contribution is 7.89. The van der Waals surface area contributed by atoms with Gasteiger partial charge in [0.2, 0.25) is 5.09 Å². The van der Waals surface area contributed by atoms with Crippen molar-refractivity contribution in [3.8, 4) is 0 Å². The summed E-state index contributed by atoms with van der Waals surface area (Å²) in [6, 6.07) is 1.16. The van der Waals surface area contributed by atoms with Crippen molar-refractivity contribution >= 4 is 16.0 Å². The SMILES string of the molecule is COC(=O)c1coc(S(=O)(=O)NCCC2CCCNC2)c1. The van der Waals surface area contributed by atoms with Gasteiger partial charge in [0.1, 0.15) is 6.26 Å². The average Bonchev–Trinajstić information content (AvgIpc) is 2.98. The Kier molecular flexibility index (Phi) is 5.38. The van der Waals surface area contributed by atoms with E-state index in [0.717, 1.165) is 44.7 Å². The van der Waals surface area contributed by atoms with Crippen molar-refractivity contribution < 1.29 is 22.4 Å². The van der Waals surface area contributed by atoms with Gasteiger partial charge in [0.05, 0.1) is 12.7 Å². The van der Waals surface area contributed by atoms with Crippen molar-refractivity contribution in [1.29, 1.82) is 0 Å². The fourth-order valence-corrected chi connectivity index (χ4v) is 3.31. The van der Waals surface area contributed by atoms with Gasteiger partial charge < -0.3 is 14.5 Å². The minimum absolute atomic E-state index is 0.0781. The fraction of sp³-hybridized carbons (Fsp3) is 0.615. The second-order valence-electron chi connectivity index (χ2n) is 5.04. The largest absolute Gasteiger partial charge is 0.465 e. The van der Waals surface area contributed by atoms with Crippen LogP contribution in [0.25, 0.3) is 0 Å². The number of esters is 1. The van der Waals surface area contributed by atoms with Crippen molar-refractivity contribution in [3.05, 3.63) is 17.9 Å². The maximum Gasteiger partial charge on any atom is 0.341 e. The Bertz CT molecular complexity index is 575. The van der Waals surface area contributed by atoms with Gasteiger partial charge in [-0.05, 0) is 38.3 Å². The number of ether oxygens (including phenoxy) is 1. The van der Waals surface area contributed by atoms with E-state index in [1.54, 1.807) is 0 Å². The predicted octanol–water partition coefficient (Wildman–Crippen LogP) is 0.734. The van der Waals surface area contributed by atoms with Crippen LogP contribution in [0.2, 0.25) is 0 Å². The first-order valence-corrected chi connectivity index (χ1v) is 8.38. The highest BCUT2D eigenvalue weighted by Crippen LogP contribution is 2.16. The number of carbonyl (C=O) groups is 1. The highest BCUT2D eigenvalue weighted by atomic mass is 32.2. The Morgan fingerprint density at radius 2 is 2.38 bits per heavy atom. The van der Waals surface area contributed by atoms with Crippen LogP contribution in [0.4, 0.5) is 0 Å². The monoisotopic (exact) mass is 316 g/mol. The highest BCUT2D eigenvalue weighted by Gasteiger charge is 2.22. The molecule has 1 fully saturated rings. The van der Waals surface area contributed by atoms with Gasteiger partial charge in [-0.3, -0.25) is 0 Å². The molecule has 1 saturated heterocycles. The Hall–Kier alpha value is -1.38. The van der Waals surface area contributed by atoms with Crippen molar-refractivity contribution in [1.82, 2.24) is 10.0 Å². The lowest BCUT2D eigenvalue weighted by Crippen LogP contribution is -2.33. The number of nitrogens with one attached hydrogen (secondary N) is 2. The van der Waals surface area contributed by atoms with Crippen LogP contribution in [0, 0.1) is 5.92 Å². The van der Waals surface area contributed by atoms with E-state index < -0.39 is 16.0 Å². The van der Waals surface area contributed by atoms with E-state index in [1.807, 2.05) is 0 Å². The van der Waals surface area contributed by atoms with E-state index in [0.29, 0.717) is 12.5 Å². The van der Waals surface area contributed by atoms with Gasteiger partial charge in [-0.15, -0.1) is 0 Å². The molecule has 7 nitrogen and oxygen atoms in total. The molecular weight excluding hydrogens is 296 g/mol. The molecule has 1 unspecified atom stereocenters. The lowest BCUT2D eigenvalue weighted by atomic mass is 9.96. The summed E-state index contributed by atoms with van der Waals surface area (Å²) in [7, 11) is -2.50. The predicted molar refractivity (Wildman–Crippen MR) is 75.4 cm³/mol. The van der Waals surface area contributed by atoms with Crippen LogP contribution in [0.5, 0.6) is 0 Å². The Balaban J connectivity index is 1.89. The van der Waals surface area contributed by atoms with Crippen molar-refractivity contribution in [2.24, 2.45) is 5.92 Å². The molecular formula is C13H20N2O5S. The smallest absolute Gasteiger partial charge is 0.341 e. The average molecular weight is 316 g/mol. The van der Waals surface area contributed by atoms with Crippen LogP contribution in [0.15, 0.2) is 21.8 Å². The minimum Gasteiger partial charge on any atom is -0.465 e. The summed E-state index contributed by atoms with van der Waals surface area (Å²) in [5.74, 6) is -0.142. The van der Waals surface area contributed by atoms with Crippen molar-refractivity contribution in [2.45, 2.75) is 24.4 Å². The third-order valence-corrected chi connectivity index (χ3v) is 4.83. The van der Waals surface area contributed by atoms with Gasteiger partial charge in [-0.1, -0.05) is 0 Å². The Morgan fingerprint density at radius 1 is 1.57 bits per heavy atom. The maximum atomic E-state index is 12.0. The second kappa shape index (κ2) is 7.06. The molecule has 2 heterocycles. The number of furan rings is 1. The Morgan fingerprint density at radius 3 is 3.05 bits per heavy atom. The lowest BCUT2D eigenvalue weighted by molar-refractivity contribution is 0.0600. The van der Waals surface area contributed by atoms with Crippen LogP contribution in [-0.4, -0.2) is 41.1 Å². The number of piperidine rings is 1. The van der Waals surface area contributed by atoms with Gasteiger partial charge in [-0.25, -0.2) is 17.9 Å². The molecule has 1 atom stereocenters. The van der Waals surface area contributed by atoms with Crippen LogP contribution in [0.3, 0.4) is 0 Å². The van der Waals surface area contributed by atoms with Crippen LogP contribution in [0.1, 0.15) is 29.6 Å². The van der Waals surface area contributed by atoms with E-state index in [2.05, 4.69) is 14.8 Å². The quantitative estimate of drug-likeness (QED) is 0.751. The first kappa shape index (κ1) is 16.0. The summed E-state index contributed by atoms with van der Waals surface area (Å²) < 4.78 is 36.0. The third kappa shape index (κ3) is 4.29. The molecule has 1 aromatic rings. The van der Waals surface area contributed by atoms with Crippen molar-refractivity contribution in [2.75, 3.05) is 26.7 Å². The van der Waals surface area contributed by atoms with Gasteiger partial charge in [-0.2, -0.15) is 0 Å². The van der Waals surface area contributed by atoms with Crippen molar-refractivity contribution in [3.63, 3.8) is 0 Å². The summed E-state index contributed by atoms with van der Waals surface area (Å²) in [5, 5.41) is 3.02. The normalized spacial score (nSPS) is 19.4. The number of rotatable bonds is 6. The van der Waals surface area contributed by atoms with Gasteiger partial charge >= 0.3 is 5.97 Å². The van der Waals surface area contributed by atoms with E-state index in [9.17, 15) is 13.2 Å². The first-order chi connectivity index (χ1) is 10.0. The van der Waals surface area contributed by atoms with Gasteiger partial charge in [0, 0.05) is 12.6 Å². The summed E-state index contributed by atoms with van der Waals surface area (Å²) >= 11 is 0. The molecule has 0 amide bonds. The molecule has 118 valence electrons. The summed E-state index contributed by atoms with van der Waals surface area (Å²) in [6.45, 7) is 2.31. The topological polar surface area (TPSA) is 97.6 Å². The van der Waals surface area contributed by atoms with Gasteiger partial charge in [0.25, 0.3) is 10.0 Å². The van der Waals surface area contributed by atoms with Crippen LogP contribution < -0.4 is 10.0 Å². The van der Waals surface area contributed by atoms with Gasteiger partial charge in [0.15, 0.2) is 0 Å². The minimum atomic E-state index is -3.73. The molecule has 1 aliphatic rings. The molecule has 1 aliphatic heterocycles. The van der Waals surface area contributed by atoms with E-state index >= 15 is 0 Å². The summed E-state index contributed by atoms with van der Waals surface area (Å²) in [5.41, 5.74) is 0.0781. The fourth-order valence-electron chi connectivity index (χ4n) is 2.32. The number of sulfonamides is 1. The zero-order chi connectivity index (χ0) is 15.3. The standard InChI is InChI=1S/C13H20N2O5S/c1-19-13(16)11-7-12(20-9-11)21(17,18)15-6-4-10-3-2-5-14-8-10/h7,9-10,14-15H,2-6,8H2,1H3. The lowest BCUT2D eigenvalue weighted by Gasteiger charge is -2.22. The zero-order valence-corrected chi connectivity index (χ0v) is 12.7. The maximum absolute atomic E-state index is 12.0. The molecule has 0 saturated carbocycles. The molecule has 8 heteroatoms. The molecule has 0 spiro atoms. The molecule has 21 heavy (non-hydrogen) atoms. The number of carbonyl (C=O) groups excluding carboxylic acids is 1. The first-order valence-electron chi connectivity index (χ1n) is 6.90. The molecule has 0 aromatic carbocycles. The second-order valence-corrected chi connectivity index (χ2v) is 6.74. The summed E-state index contributed by atoms with van der Waals surface area (Å²) in [6.07, 6.45) is 4.09. The van der Waals surface area contributed by atoms with Crippen LogP contribution >= 0.6 is 0 Å². The van der Waals surface area contributed by atoms with Crippen LogP contribution in [-0.2, 0) is 14.8 Å². The van der Waals surface area contributed by atoms with E-state index in [4.69, 9.17) is 4.42 Å². The zero-order valence-electron chi connectivity index (χ0n) is 11.9. The Labute approximate surface area is 124 Å². The number of hydrogen-bond acceptors (Lipinski definition) is 6. The summed E-state index contributed by atoms with van der Waals surface area (Å²) in [4.78, 5) is 11.3. The van der Waals surface area contributed by atoms with E-state index in [1.165, 1.54) is 7.11 Å². The molecule has 2 rings (SSSR count).